The van der Waals surface area contributed by atoms with Gasteiger partial charge in [-0.2, -0.15) is 8.42 Å². The lowest BCUT2D eigenvalue weighted by Gasteiger charge is -2.28. The molecule has 0 saturated heterocycles. The van der Waals surface area contributed by atoms with Gasteiger partial charge in [0.1, 0.15) is 0 Å². The summed E-state index contributed by atoms with van der Waals surface area (Å²) in [7, 11) is -4.74. The van der Waals surface area contributed by atoms with E-state index in [1.807, 2.05) is 0 Å². The number of rotatable bonds is 3. The van der Waals surface area contributed by atoms with Gasteiger partial charge < -0.3 is 4.55 Å². The average Bonchev–Trinajstić information content (AvgIpc) is 2.32. The second kappa shape index (κ2) is 7.68. The zero-order valence-electron chi connectivity index (χ0n) is 10.9. The molecular weight excluding hydrogens is 292 g/mol. The van der Waals surface area contributed by atoms with Crippen LogP contribution >= 0.6 is 0 Å². The fourth-order valence-corrected chi connectivity index (χ4v) is 4.13. The highest BCUT2D eigenvalue weighted by atomic mass is 32.3. The Morgan fingerprint density at radius 3 is 1.58 bits per heavy atom. The van der Waals surface area contributed by atoms with E-state index in [4.69, 9.17) is 4.55 Å². The zero-order chi connectivity index (χ0) is 14.4. The molecule has 0 spiro atoms. The van der Waals surface area contributed by atoms with Crippen LogP contribution in [-0.4, -0.2) is 26.7 Å². The molecule has 0 radical (unpaired) electrons. The quantitative estimate of drug-likeness (QED) is 0.613. The van der Waals surface area contributed by atoms with Gasteiger partial charge in [0.25, 0.3) is 0 Å². The molecule has 0 aromatic rings. The van der Waals surface area contributed by atoms with E-state index in [2.05, 4.69) is 4.18 Å². The molecule has 0 amide bonds. The first-order valence-corrected chi connectivity index (χ1v) is 9.12. The summed E-state index contributed by atoms with van der Waals surface area (Å²) in [5.41, 5.74) is 0. The van der Waals surface area contributed by atoms with Crippen molar-refractivity contribution in [2.75, 3.05) is 0 Å². The van der Waals surface area contributed by atoms with Crippen LogP contribution in [0.25, 0.3) is 0 Å². The summed E-state index contributed by atoms with van der Waals surface area (Å²) in [6.07, 6.45) is 7.61. The molecule has 1 aliphatic rings. The summed E-state index contributed by atoms with van der Waals surface area (Å²) in [5, 5.41) is 0. The van der Waals surface area contributed by atoms with Crippen LogP contribution in [0.5, 0.6) is 0 Å². The summed E-state index contributed by atoms with van der Waals surface area (Å²) in [4.78, 5) is -1.70. The van der Waals surface area contributed by atoms with E-state index in [9.17, 15) is 17.2 Å². The molecule has 0 heterocycles. The van der Waals surface area contributed by atoms with Gasteiger partial charge in [0.15, 0.2) is 16.0 Å². The molecule has 2 N–H and O–H groups in total. The third-order valence-electron chi connectivity index (χ3n) is 3.44. The normalized spacial score (nSPS) is 24.3. The molecule has 1 unspecified atom stereocenters. The van der Waals surface area contributed by atoms with Crippen LogP contribution in [0.15, 0.2) is 0 Å². The van der Waals surface area contributed by atoms with Crippen LogP contribution in [0.3, 0.4) is 0 Å². The van der Waals surface area contributed by atoms with Crippen molar-refractivity contribution >= 4 is 21.5 Å². The van der Waals surface area contributed by atoms with Crippen molar-refractivity contribution < 1.29 is 25.9 Å². The van der Waals surface area contributed by atoms with Gasteiger partial charge in [-0.3, -0.25) is 4.55 Å². The summed E-state index contributed by atoms with van der Waals surface area (Å²) in [6.45, 7) is 0. The van der Waals surface area contributed by atoms with E-state index in [1.165, 1.54) is 0 Å². The minimum atomic E-state index is -4.74. The van der Waals surface area contributed by atoms with Crippen molar-refractivity contribution in [3.05, 3.63) is 0 Å². The van der Waals surface area contributed by atoms with Crippen LogP contribution in [0.4, 0.5) is 0 Å². The summed E-state index contributed by atoms with van der Waals surface area (Å²) in [5.74, 6) is 0. The molecule has 1 atom stereocenters. The van der Waals surface area contributed by atoms with Crippen LogP contribution in [0.2, 0.25) is 0 Å². The van der Waals surface area contributed by atoms with E-state index < -0.39 is 26.4 Å². The van der Waals surface area contributed by atoms with Gasteiger partial charge in [0, 0.05) is 0 Å². The van der Waals surface area contributed by atoms with Crippen molar-refractivity contribution in [2.45, 2.75) is 69.1 Å². The largest absolute Gasteiger partial charge is 0.398 e. The van der Waals surface area contributed by atoms with E-state index in [1.54, 1.807) is 0 Å². The van der Waals surface area contributed by atoms with E-state index in [0.29, 0.717) is 12.8 Å². The molecular formula is C11H22O6S2. The summed E-state index contributed by atoms with van der Waals surface area (Å²) < 4.78 is 56.2. The Labute approximate surface area is 117 Å². The van der Waals surface area contributed by atoms with Gasteiger partial charge in [0.05, 0.1) is 0 Å². The predicted molar refractivity (Wildman–Crippen MR) is 72.3 cm³/mol. The first-order chi connectivity index (χ1) is 8.86. The van der Waals surface area contributed by atoms with Gasteiger partial charge in [0.2, 0.25) is 0 Å². The predicted octanol–water partition coefficient (Wildman–Crippen LogP) is 2.64. The molecule has 0 bridgehead atoms. The fraction of sp³-hybridized carbons (Fsp3) is 1.00. The molecule has 19 heavy (non-hydrogen) atoms. The fourth-order valence-electron chi connectivity index (χ4n) is 2.45. The van der Waals surface area contributed by atoms with Crippen molar-refractivity contribution in [3.8, 4) is 0 Å². The molecule has 1 fully saturated rings. The Bertz CT molecular complexity index is 380. The Morgan fingerprint density at radius 1 is 0.895 bits per heavy atom. The molecule has 114 valence electrons. The van der Waals surface area contributed by atoms with Crippen LogP contribution in [0.1, 0.15) is 64.2 Å². The maximum atomic E-state index is 11.5. The maximum absolute atomic E-state index is 11.5. The lowest BCUT2D eigenvalue weighted by atomic mass is 10.0. The minimum Gasteiger partial charge on any atom is -0.304 e. The topological polar surface area (TPSA) is 101 Å². The molecule has 6 nitrogen and oxygen atoms in total. The molecule has 0 aromatic carbocycles. The molecule has 1 rings (SSSR count). The van der Waals surface area contributed by atoms with Crippen molar-refractivity contribution in [2.24, 2.45) is 0 Å². The van der Waals surface area contributed by atoms with Crippen molar-refractivity contribution in [3.63, 3.8) is 0 Å². The molecule has 0 aromatic heterocycles. The van der Waals surface area contributed by atoms with Crippen LogP contribution < -0.4 is 0 Å². The smallest absolute Gasteiger partial charge is 0.304 e. The molecule has 8 heteroatoms. The van der Waals surface area contributed by atoms with Crippen LogP contribution in [0, 0.1) is 0 Å². The van der Waals surface area contributed by atoms with Crippen molar-refractivity contribution in [1.29, 1.82) is 0 Å². The van der Waals surface area contributed by atoms with Crippen LogP contribution in [-0.2, 0) is 25.7 Å². The molecule has 1 aliphatic carbocycles. The third kappa shape index (κ3) is 6.31. The highest BCUT2D eigenvalue weighted by molar-refractivity contribution is 7.84. The zero-order valence-corrected chi connectivity index (χ0v) is 12.5. The average molecular weight is 314 g/mol. The standard InChI is InChI=1S/C11H22O6S2/c12-18(13)11(17-19(14,15)16)9-7-5-3-1-2-4-6-8-10-11/h1-10H2,(H,12,13)(H,14,15,16). The third-order valence-corrected chi connectivity index (χ3v) is 5.20. The second-order valence-electron chi connectivity index (χ2n) is 5.00. The van der Waals surface area contributed by atoms with Gasteiger partial charge in [-0.15, -0.1) is 0 Å². The van der Waals surface area contributed by atoms with E-state index >= 15 is 0 Å². The van der Waals surface area contributed by atoms with Crippen molar-refractivity contribution in [1.82, 2.24) is 0 Å². The second-order valence-corrected chi connectivity index (χ2v) is 7.26. The Kier molecular flexibility index (Phi) is 6.89. The molecule has 1 saturated carbocycles. The number of hydrogen-bond donors (Lipinski definition) is 2. The van der Waals surface area contributed by atoms with Gasteiger partial charge >= 0.3 is 10.4 Å². The molecule has 0 aliphatic heterocycles. The van der Waals surface area contributed by atoms with Gasteiger partial charge in [-0.25, -0.2) is 8.39 Å². The summed E-state index contributed by atoms with van der Waals surface area (Å²) >= 11 is -2.46. The minimum absolute atomic E-state index is 0.163. The lowest BCUT2D eigenvalue weighted by molar-refractivity contribution is 0.113. The lowest BCUT2D eigenvalue weighted by Crippen LogP contribution is -2.39. The highest BCUT2D eigenvalue weighted by Crippen LogP contribution is 2.32. The summed E-state index contributed by atoms with van der Waals surface area (Å²) in [6, 6.07) is 0. The first-order valence-electron chi connectivity index (χ1n) is 6.65. The Hall–Kier alpha value is -0.0200. The first kappa shape index (κ1) is 17.0. The monoisotopic (exact) mass is 314 g/mol. The Balaban J connectivity index is 2.84. The Morgan fingerprint density at radius 2 is 1.26 bits per heavy atom. The number of hydrogen-bond acceptors (Lipinski definition) is 4. The van der Waals surface area contributed by atoms with Gasteiger partial charge in [-0.1, -0.05) is 38.5 Å². The van der Waals surface area contributed by atoms with E-state index in [0.717, 1.165) is 38.5 Å². The maximum Gasteiger partial charge on any atom is 0.398 e. The van der Waals surface area contributed by atoms with E-state index in [-0.39, 0.29) is 12.8 Å². The SMILES string of the molecule is O=S(O)C1(OS(=O)(=O)O)CCCCCCCCCC1. The highest BCUT2D eigenvalue weighted by Gasteiger charge is 2.41. The van der Waals surface area contributed by atoms with Gasteiger partial charge in [-0.05, 0) is 25.7 Å².